The highest BCUT2D eigenvalue weighted by atomic mass is 79.9. The molecule has 1 heterocycles. The van der Waals surface area contributed by atoms with Gasteiger partial charge in [0, 0.05) is 20.8 Å². The zero-order chi connectivity index (χ0) is 11.9. The van der Waals surface area contributed by atoms with E-state index in [9.17, 15) is 4.79 Å². The van der Waals surface area contributed by atoms with Crippen molar-refractivity contribution in [1.29, 1.82) is 0 Å². The molecule has 0 radical (unpaired) electrons. The van der Waals surface area contributed by atoms with Crippen LogP contribution in [0.4, 0.5) is 0 Å². The molecule has 2 rings (SSSR count). The van der Waals surface area contributed by atoms with Crippen molar-refractivity contribution >= 4 is 33.2 Å². The van der Waals surface area contributed by atoms with Gasteiger partial charge in [0.2, 0.25) is 0 Å². The number of carbonyl (C=O) groups is 1. The second-order valence-corrected chi connectivity index (χ2v) is 6.28. The van der Waals surface area contributed by atoms with Gasteiger partial charge in [0.15, 0.2) is 0 Å². The summed E-state index contributed by atoms with van der Waals surface area (Å²) in [4.78, 5) is 14.3. The van der Waals surface area contributed by atoms with Crippen molar-refractivity contribution in [2.24, 2.45) is 11.8 Å². The van der Waals surface area contributed by atoms with Gasteiger partial charge in [0.25, 0.3) is 0 Å². The lowest BCUT2D eigenvalue weighted by Crippen LogP contribution is -2.22. The van der Waals surface area contributed by atoms with E-state index in [1.54, 1.807) is 11.3 Å². The molecule has 0 amide bonds. The van der Waals surface area contributed by atoms with Gasteiger partial charge in [-0.15, -0.1) is 11.3 Å². The van der Waals surface area contributed by atoms with Gasteiger partial charge >= 0.3 is 5.97 Å². The van der Waals surface area contributed by atoms with Crippen LogP contribution < -0.4 is 0 Å². The van der Waals surface area contributed by atoms with E-state index in [0.717, 1.165) is 10.9 Å². The Labute approximate surface area is 107 Å². The van der Waals surface area contributed by atoms with Gasteiger partial charge in [-0.1, -0.05) is 0 Å². The van der Waals surface area contributed by atoms with E-state index in [2.05, 4.69) is 26.9 Å². The molecular formula is C11H14BrNO2S. The summed E-state index contributed by atoms with van der Waals surface area (Å²) >= 11 is 5.13. The highest BCUT2D eigenvalue weighted by Gasteiger charge is 2.49. The SMILES string of the molecule is CN(C)C(c1cc(Br)cs1)C1CC1C(=O)O. The zero-order valence-electron chi connectivity index (χ0n) is 9.18. The van der Waals surface area contributed by atoms with Crippen LogP contribution in [-0.2, 0) is 4.79 Å². The molecule has 3 nitrogen and oxygen atoms in total. The molecule has 0 saturated heterocycles. The van der Waals surface area contributed by atoms with Crippen molar-refractivity contribution in [3.63, 3.8) is 0 Å². The summed E-state index contributed by atoms with van der Waals surface area (Å²) in [7, 11) is 4.02. The summed E-state index contributed by atoms with van der Waals surface area (Å²) in [6, 6.07) is 2.32. The Morgan fingerprint density at radius 1 is 1.69 bits per heavy atom. The van der Waals surface area contributed by atoms with Crippen molar-refractivity contribution in [3.8, 4) is 0 Å². The Hall–Kier alpha value is -0.390. The first-order valence-corrected chi connectivity index (χ1v) is 6.81. The number of nitrogens with zero attached hydrogens (tertiary/aromatic N) is 1. The standard InChI is InChI=1S/C11H14BrNO2S/c1-13(2)10(7-4-8(7)11(14)15)9-3-6(12)5-16-9/h3,5,7-8,10H,4H2,1-2H3,(H,14,15). The molecule has 1 aliphatic carbocycles. The van der Waals surface area contributed by atoms with Gasteiger partial charge in [0.05, 0.1) is 5.92 Å². The van der Waals surface area contributed by atoms with Gasteiger partial charge in [-0.3, -0.25) is 4.79 Å². The number of carboxylic acid groups (broad SMARTS) is 1. The van der Waals surface area contributed by atoms with Crippen LogP contribution in [0.5, 0.6) is 0 Å². The first-order valence-electron chi connectivity index (χ1n) is 5.14. The van der Waals surface area contributed by atoms with Crippen LogP contribution in [0.1, 0.15) is 17.3 Å². The second kappa shape index (κ2) is 4.47. The summed E-state index contributed by atoms with van der Waals surface area (Å²) < 4.78 is 1.08. The molecule has 1 N–H and O–H groups in total. The minimum atomic E-state index is -0.660. The van der Waals surface area contributed by atoms with Gasteiger partial charge in [-0.25, -0.2) is 0 Å². The van der Waals surface area contributed by atoms with E-state index in [4.69, 9.17) is 5.11 Å². The van der Waals surface area contributed by atoms with Gasteiger partial charge in [-0.2, -0.15) is 0 Å². The second-order valence-electron chi connectivity index (χ2n) is 4.42. The fourth-order valence-electron chi connectivity index (χ4n) is 2.18. The lowest BCUT2D eigenvalue weighted by atomic mass is 10.1. The highest BCUT2D eigenvalue weighted by molar-refractivity contribution is 9.10. The first kappa shape index (κ1) is 12.1. The van der Waals surface area contributed by atoms with Crippen LogP contribution in [0.15, 0.2) is 15.9 Å². The molecule has 88 valence electrons. The third-order valence-electron chi connectivity index (χ3n) is 3.00. The smallest absolute Gasteiger partial charge is 0.306 e. The molecule has 16 heavy (non-hydrogen) atoms. The maximum Gasteiger partial charge on any atom is 0.306 e. The Morgan fingerprint density at radius 3 is 2.75 bits per heavy atom. The number of carboxylic acids is 1. The Kier molecular flexibility index (Phi) is 3.37. The van der Waals surface area contributed by atoms with Crippen LogP contribution in [0.3, 0.4) is 0 Å². The van der Waals surface area contributed by atoms with Crippen molar-refractivity contribution < 1.29 is 9.90 Å². The molecule has 0 aromatic carbocycles. The molecular weight excluding hydrogens is 290 g/mol. The third kappa shape index (κ3) is 2.31. The molecule has 1 saturated carbocycles. The summed E-state index contributed by atoms with van der Waals surface area (Å²) in [6.07, 6.45) is 0.799. The topological polar surface area (TPSA) is 40.5 Å². The molecule has 1 fully saturated rings. The van der Waals surface area contributed by atoms with E-state index in [0.29, 0.717) is 0 Å². The van der Waals surface area contributed by atoms with Crippen molar-refractivity contribution in [2.75, 3.05) is 14.1 Å². The van der Waals surface area contributed by atoms with Gasteiger partial charge in [-0.05, 0) is 48.4 Å². The van der Waals surface area contributed by atoms with E-state index >= 15 is 0 Å². The van der Waals surface area contributed by atoms with E-state index in [1.807, 2.05) is 19.5 Å². The normalized spacial score (nSPS) is 25.8. The molecule has 1 aromatic heterocycles. The summed E-state index contributed by atoms with van der Waals surface area (Å²) in [5.74, 6) is -0.557. The van der Waals surface area contributed by atoms with E-state index in [-0.39, 0.29) is 17.9 Å². The number of rotatable bonds is 4. The van der Waals surface area contributed by atoms with E-state index < -0.39 is 5.97 Å². The Bertz CT molecular complexity index is 404. The largest absolute Gasteiger partial charge is 0.481 e. The van der Waals surface area contributed by atoms with Crippen LogP contribution in [-0.4, -0.2) is 30.1 Å². The van der Waals surface area contributed by atoms with Crippen LogP contribution in [0.25, 0.3) is 0 Å². The molecule has 1 aromatic rings. The lowest BCUT2D eigenvalue weighted by molar-refractivity contribution is -0.139. The summed E-state index contributed by atoms with van der Waals surface area (Å²) in [6.45, 7) is 0. The minimum absolute atomic E-state index is 0.159. The van der Waals surface area contributed by atoms with Gasteiger partial charge < -0.3 is 10.0 Å². The van der Waals surface area contributed by atoms with Crippen molar-refractivity contribution in [1.82, 2.24) is 4.90 Å². The number of hydrogen-bond acceptors (Lipinski definition) is 3. The molecule has 1 aliphatic rings. The minimum Gasteiger partial charge on any atom is -0.481 e. The first-order chi connectivity index (χ1) is 7.50. The van der Waals surface area contributed by atoms with Crippen LogP contribution in [0.2, 0.25) is 0 Å². The number of halogens is 1. The predicted octanol–water partition coefficient (Wildman–Crippen LogP) is 2.83. The number of hydrogen-bond donors (Lipinski definition) is 1. The number of thiophene rings is 1. The molecule has 0 bridgehead atoms. The molecule has 0 spiro atoms. The molecule has 3 atom stereocenters. The Morgan fingerprint density at radius 2 is 2.38 bits per heavy atom. The van der Waals surface area contributed by atoms with Crippen molar-refractivity contribution in [2.45, 2.75) is 12.5 Å². The lowest BCUT2D eigenvalue weighted by Gasteiger charge is -2.23. The fraction of sp³-hybridized carbons (Fsp3) is 0.545. The Balaban J connectivity index is 2.17. The fourth-order valence-corrected chi connectivity index (χ4v) is 3.89. The highest BCUT2D eigenvalue weighted by Crippen LogP contribution is 2.50. The quantitative estimate of drug-likeness (QED) is 0.930. The van der Waals surface area contributed by atoms with Gasteiger partial charge in [0.1, 0.15) is 0 Å². The molecule has 3 unspecified atom stereocenters. The summed E-state index contributed by atoms with van der Waals surface area (Å²) in [5, 5.41) is 11.0. The average Bonchev–Trinajstić information content (AvgIpc) is 2.83. The maximum atomic E-state index is 10.9. The van der Waals surface area contributed by atoms with Crippen LogP contribution >= 0.6 is 27.3 Å². The maximum absolute atomic E-state index is 10.9. The zero-order valence-corrected chi connectivity index (χ0v) is 11.6. The predicted molar refractivity (Wildman–Crippen MR) is 67.7 cm³/mol. The average molecular weight is 304 g/mol. The number of aliphatic carboxylic acids is 1. The van der Waals surface area contributed by atoms with Crippen molar-refractivity contribution in [3.05, 3.63) is 20.8 Å². The monoisotopic (exact) mass is 303 g/mol. The third-order valence-corrected chi connectivity index (χ3v) is 4.76. The molecule has 0 aliphatic heterocycles. The van der Waals surface area contributed by atoms with Crippen LogP contribution in [0, 0.1) is 11.8 Å². The summed E-state index contributed by atoms with van der Waals surface area (Å²) in [5.41, 5.74) is 0. The molecule has 5 heteroatoms. The van der Waals surface area contributed by atoms with E-state index in [1.165, 1.54) is 4.88 Å².